The third kappa shape index (κ3) is 3.15. The number of benzene rings is 1. The van der Waals surface area contributed by atoms with Crippen molar-refractivity contribution in [3.8, 4) is 5.75 Å². The highest BCUT2D eigenvalue weighted by atomic mass is 19.1. The van der Waals surface area contributed by atoms with E-state index >= 15 is 0 Å². The smallest absolute Gasteiger partial charge is 0.276 e. The number of amides is 2. The van der Waals surface area contributed by atoms with E-state index in [2.05, 4.69) is 5.32 Å². The van der Waals surface area contributed by atoms with Gasteiger partial charge in [-0.25, -0.2) is 13.2 Å². The number of nitrogens with zero attached hydrogens (tertiary/aromatic N) is 2. The molecule has 32 heavy (non-hydrogen) atoms. The molecule has 0 radical (unpaired) electrons. The Bertz CT molecular complexity index is 1190. The number of halogens is 3. The summed E-state index contributed by atoms with van der Waals surface area (Å²) in [5.41, 5.74) is -2.40. The van der Waals surface area contributed by atoms with E-state index < -0.39 is 64.3 Å². The summed E-state index contributed by atoms with van der Waals surface area (Å²) in [7, 11) is 0. The largest absolute Gasteiger partial charge is 0.503 e. The number of rotatable bonds is 3. The highest BCUT2D eigenvalue weighted by molar-refractivity contribution is 5.99. The van der Waals surface area contributed by atoms with Crippen LogP contribution in [0.25, 0.3) is 0 Å². The van der Waals surface area contributed by atoms with E-state index in [9.17, 15) is 32.7 Å². The monoisotopic (exact) mass is 449 g/mol. The highest BCUT2D eigenvalue weighted by Gasteiger charge is 2.47. The normalized spacial score (nSPS) is 23.7. The molecule has 3 aliphatic rings. The van der Waals surface area contributed by atoms with Gasteiger partial charge in [-0.05, 0) is 19.3 Å². The molecule has 8 nitrogen and oxygen atoms in total. The fourth-order valence-corrected chi connectivity index (χ4v) is 4.72. The first-order valence-electron chi connectivity index (χ1n) is 10.1. The number of pyridine rings is 1. The summed E-state index contributed by atoms with van der Waals surface area (Å²) in [6.07, 6.45) is 2.86. The number of ether oxygens (including phenoxy) is 1. The summed E-state index contributed by atoms with van der Waals surface area (Å²) in [6, 6.07) is 0.912. The Labute approximate surface area is 179 Å². The van der Waals surface area contributed by atoms with Gasteiger partial charge in [-0.15, -0.1) is 0 Å². The molecule has 3 heterocycles. The lowest BCUT2D eigenvalue weighted by Crippen LogP contribution is -2.57. The van der Waals surface area contributed by atoms with Gasteiger partial charge in [-0.3, -0.25) is 14.4 Å². The lowest BCUT2D eigenvalue weighted by molar-refractivity contribution is -0.132. The first-order chi connectivity index (χ1) is 15.2. The molecule has 2 N–H and O–H groups in total. The number of carbonyl (C=O) groups is 2. The van der Waals surface area contributed by atoms with Gasteiger partial charge in [0.05, 0.1) is 12.6 Å². The molecule has 11 heteroatoms. The summed E-state index contributed by atoms with van der Waals surface area (Å²) >= 11 is 0. The Kier molecular flexibility index (Phi) is 4.73. The molecule has 5 rings (SSSR count). The van der Waals surface area contributed by atoms with E-state index in [1.807, 2.05) is 0 Å². The third-order valence-electron chi connectivity index (χ3n) is 6.23. The first-order valence-corrected chi connectivity index (χ1v) is 10.1. The number of hydrogen-bond donors (Lipinski definition) is 2. The summed E-state index contributed by atoms with van der Waals surface area (Å²) in [4.78, 5) is 39.7. The van der Waals surface area contributed by atoms with Crippen molar-refractivity contribution in [3.05, 3.63) is 62.8 Å². The van der Waals surface area contributed by atoms with E-state index in [4.69, 9.17) is 4.74 Å². The van der Waals surface area contributed by atoms with Crippen molar-refractivity contribution in [1.29, 1.82) is 0 Å². The molecule has 1 aromatic heterocycles. The van der Waals surface area contributed by atoms with Crippen LogP contribution in [0.1, 0.15) is 45.7 Å². The van der Waals surface area contributed by atoms with Gasteiger partial charge in [-0.2, -0.15) is 0 Å². The maximum Gasteiger partial charge on any atom is 0.276 e. The van der Waals surface area contributed by atoms with E-state index in [0.717, 1.165) is 19.0 Å². The van der Waals surface area contributed by atoms with Crippen molar-refractivity contribution in [1.82, 2.24) is 14.8 Å². The molecule has 3 atom stereocenters. The lowest BCUT2D eigenvalue weighted by atomic mass is 10.1. The van der Waals surface area contributed by atoms with Gasteiger partial charge in [0.1, 0.15) is 23.0 Å². The van der Waals surface area contributed by atoms with Crippen LogP contribution in [0.3, 0.4) is 0 Å². The van der Waals surface area contributed by atoms with Gasteiger partial charge in [0, 0.05) is 36.5 Å². The van der Waals surface area contributed by atoms with Crippen LogP contribution in [0.5, 0.6) is 5.75 Å². The van der Waals surface area contributed by atoms with Crippen molar-refractivity contribution < 1.29 is 32.6 Å². The molecule has 2 amide bonds. The minimum atomic E-state index is -1.19. The molecule has 0 spiro atoms. The quantitative estimate of drug-likeness (QED) is 0.742. The summed E-state index contributed by atoms with van der Waals surface area (Å²) in [5.74, 6) is -5.93. The number of carbonyl (C=O) groups excluding carboxylic acids is 2. The van der Waals surface area contributed by atoms with Crippen molar-refractivity contribution in [3.63, 3.8) is 0 Å². The molecule has 0 unspecified atom stereocenters. The molecule has 2 aliphatic heterocycles. The Morgan fingerprint density at radius 3 is 2.62 bits per heavy atom. The van der Waals surface area contributed by atoms with Crippen LogP contribution < -0.4 is 10.7 Å². The molecule has 1 aromatic carbocycles. The summed E-state index contributed by atoms with van der Waals surface area (Å²) < 4.78 is 47.9. The average molecular weight is 449 g/mol. The third-order valence-corrected chi connectivity index (χ3v) is 6.23. The summed E-state index contributed by atoms with van der Waals surface area (Å²) in [5, 5.41) is 12.6. The average Bonchev–Trinajstić information content (AvgIpc) is 3.10. The second-order valence-electron chi connectivity index (χ2n) is 8.14. The minimum absolute atomic E-state index is 0.0296. The van der Waals surface area contributed by atoms with Gasteiger partial charge >= 0.3 is 0 Å². The molecule has 2 fully saturated rings. The van der Waals surface area contributed by atoms with Crippen molar-refractivity contribution >= 4 is 11.8 Å². The second kappa shape index (κ2) is 7.37. The minimum Gasteiger partial charge on any atom is -0.503 e. The lowest BCUT2D eigenvalue weighted by Gasteiger charge is -2.44. The predicted octanol–water partition coefficient (Wildman–Crippen LogP) is 1.63. The number of aromatic hydroxyl groups is 1. The van der Waals surface area contributed by atoms with Crippen molar-refractivity contribution in [2.75, 3.05) is 0 Å². The highest BCUT2D eigenvalue weighted by Crippen LogP contribution is 2.38. The van der Waals surface area contributed by atoms with Gasteiger partial charge in [0.2, 0.25) is 5.43 Å². The SMILES string of the molecule is O=C(NCc1c(F)cc(F)cc1F)c1cn2c(c(O)c1=O)C(=O)N1[C@@H]3CC[C@@H](C3)O[C@H]1C2. The number of fused-ring (bicyclic) bond motifs is 5. The maximum absolute atomic E-state index is 13.8. The zero-order chi connectivity index (χ0) is 22.7. The van der Waals surface area contributed by atoms with Crippen LogP contribution in [0.2, 0.25) is 0 Å². The van der Waals surface area contributed by atoms with Crippen LogP contribution in [-0.4, -0.2) is 44.8 Å². The predicted molar refractivity (Wildman–Crippen MR) is 102 cm³/mol. The molecule has 1 saturated heterocycles. The summed E-state index contributed by atoms with van der Waals surface area (Å²) in [6.45, 7) is -0.538. The van der Waals surface area contributed by atoms with Crippen LogP contribution >= 0.6 is 0 Å². The number of aromatic nitrogens is 1. The van der Waals surface area contributed by atoms with Gasteiger partial charge in [0.15, 0.2) is 17.7 Å². The van der Waals surface area contributed by atoms with E-state index in [1.54, 1.807) is 0 Å². The molecule has 2 aromatic rings. The number of hydrogen-bond acceptors (Lipinski definition) is 5. The molecular formula is C21H18F3N3O5. The van der Waals surface area contributed by atoms with E-state index in [1.165, 1.54) is 9.47 Å². The number of nitrogens with one attached hydrogen (secondary N) is 1. The second-order valence-corrected chi connectivity index (χ2v) is 8.14. The molecular weight excluding hydrogens is 431 g/mol. The van der Waals surface area contributed by atoms with Crippen LogP contribution in [0.4, 0.5) is 13.2 Å². The fraction of sp³-hybridized carbons (Fsp3) is 0.381. The Morgan fingerprint density at radius 2 is 1.91 bits per heavy atom. The first kappa shape index (κ1) is 20.6. The van der Waals surface area contributed by atoms with Crippen LogP contribution in [0.15, 0.2) is 23.1 Å². The fourth-order valence-electron chi connectivity index (χ4n) is 4.72. The Morgan fingerprint density at radius 1 is 1.19 bits per heavy atom. The zero-order valence-corrected chi connectivity index (χ0v) is 16.6. The van der Waals surface area contributed by atoms with Crippen molar-refractivity contribution in [2.45, 2.75) is 50.7 Å². The zero-order valence-electron chi connectivity index (χ0n) is 16.6. The van der Waals surface area contributed by atoms with Gasteiger partial charge in [0.25, 0.3) is 11.8 Å². The molecule has 1 aliphatic carbocycles. The molecule has 2 bridgehead atoms. The van der Waals surface area contributed by atoms with Gasteiger partial charge < -0.3 is 24.6 Å². The molecule has 168 valence electrons. The Balaban J connectivity index is 1.44. The Hall–Kier alpha value is -3.34. The van der Waals surface area contributed by atoms with Crippen LogP contribution in [-0.2, 0) is 17.8 Å². The van der Waals surface area contributed by atoms with E-state index in [0.29, 0.717) is 18.6 Å². The maximum atomic E-state index is 13.8. The van der Waals surface area contributed by atoms with E-state index in [-0.39, 0.29) is 24.4 Å². The standard InChI is InChI=1S/C21H18F3N3O5/c22-9-3-14(23)12(15(24)4-9)6-25-20(30)13-7-26-8-16-27(10-1-2-11(5-10)32-16)21(31)17(26)19(29)18(13)28/h3-4,7,10-11,16,29H,1-2,5-6,8H2,(H,25,30)/t10-,11+,16+/m1/s1. The van der Waals surface area contributed by atoms with Crippen molar-refractivity contribution in [2.24, 2.45) is 0 Å². The topological polar surface area (TPSA) is 101 Å². The molecule has 1 saturated carbocycles. The van der Waals surface area contributed by atoms with Crippen LogP contribution in [0, 0.1) is 17.5 Å². The van der Waals surface area contributed by atoms with Gasteiger partial charge in [-0.1, -0.05) is 0 Å².